The van der Waals surface area contributed by atoms with Gasteiger partial charge in [0.1, 0.15) is 5.78 Å². The first kappa shape index (κ1) is 7.52. The van der Waals surface area contributed by atoms with Crippen LogP contribution in [0.15, 0.2) is 35.2 Å². The third kappa shape index (κ3) is 0.765. The van der Waals surface area contributed by atoms with Crippen molar-refractivity contribution in [2.45, 2.75) is 10.1 Å². The molecule has 0 spiro atoms. The van der Waals surface area contributed by atoms with Gasteiger partial charge in [0.25, 0.3) is 0 Å². The van der Waals surface area contributed by atoms with Gasteiger partial charge in [-0.15, -0.1) is 11.8 Å². The number of fused-ring (bicyclic) bond motifs is 1. The molecule has 0 aromatic heterocycles. The average Bonchev–Trinajstić information content (AvgIpc) is 3.03. The highest BCUT2D eigenvalue weighted by molar-refractivity contribution is 8.00. The Hall–Kier alpha value is -0.760. The lowest BCUT2D eigenvalue weighted by molar-refractivity contribution is -0.118. The molecule has 5 atom stereocenters. The van der Waals surface area contributed by atoms with E-state index >= 15 is 0 Å². The molecule has 1 nitrogen and oxygen atoms in total. The van der Waals surface area contributed by atoms with Crippen LogP contribution in [0.4, 0.5) is 0 Å². The number of Topliss-reactive ketones (excluding diaryl/α,β-unsaturated/α-hetero) is 1. The fraction of sp³-hybridized carbons (Fsp3) is 0.417. The van der Waals surface area contributed by atoms with Crippen LogP contribution in [-0.4, -0.2) is 11.0 Å². The highest BCUT2D eigenvalue weighted by atomic mass is 32.2. The lowest BCUT2D eigenvalue weighted by Crippen LogP contribution is -2.09. The molecule has 0 heterocycles. The summed E-state index contributed by atoms with van der Waals surface area (Å²) in [6.45, 7) is 0. The Bertz CT molecular complexity index is 404. The van der Waals surface area contributed by atoms with Crippen LogP contribution in [0.25, 0.3) is 0 Å². The maximum absolute atomic E-state index is 11.8. The second-order valence-corrected chi connectivity index (χ2v) is 5.73. The van der Waals surface area contributed by atoms with Crippen molar-refractivity contribution in [1.29, 1.82) is 0 Å². The second kappa shape index (κ2) is 2.25. The Morgan fingerprint density at radius 3 is 2.29 bits per heavy atom. The van der Waals surface area contributed by atoms with Gasteiger partial charge in [0.05, 0.1) is 5.25 Å². The Balaban J connectivity index is 1.59. The minimum absolute atomic E-state index is 0.303. The topological polar surface area (TPSA) is 17.1 Å². The van der Waals surface area contributed by atoms with Gasteiger partial charge in [-0.3, -0.25) is 4.79 Å². The summed E-state index contributed by atoms with van der Waals surface area (Å²) in [5, 5.41) is 0.303. The smallest absolute Gasteiger partial charge is 0.150 e. The van der Waals surface area contributed by atoms with Crippen LogP contribution in [-0.2, 0) is 4.79 Å². The molecule has 0 radical (unpaired) electrons. The summed E-state index contributed by atoms with van der Waals surface area (Å²) in [6.07, 6.45) is 0. The maximum Gasteiger partial charge on any atom is 0.150 e. The van der Waals surface area contributed by atoms with Crippen LogP contribution < -0.4 is 0 Å². The zero-order chi connectivity index (χ0) is 9.28. The van der Waals surface area contributed by atoms with E-state index < -0.39 is 0 Å². The zero-order valence-electron chi connectivity index (χ0n) is 7.59. The standard InChI is InChI=1S/C12H10OS/c13-11-9-7-8(9)10(7)12(11)14-6-4-2-1-3-5-6/h1-5,7-10,12H/t7-,8+,9?,10?,12-/m0/s1. The lowest BCUT2D eigenvalue weighted by atomic mass is 10.2. The number of ketones is 1. The van der Waals surface area contributed by atoms with E-state index in [1.807, 2.05) is 18.2 Å². The molecule has 70 valence electrons. The first-order valence-electron chi connectivity index (χ1n) is 5.13. The maximum atomic E-state index is 11.8. The lowest BCUT2D eigenvalue weighted by Gasteiger charge is -2.06. The Morgan fingerprint density at radius 1 is 1.00 bits per heavy atom. The number of hydrogen-bond donors (Lipinski definition) is 0. The summed E-state index contributed by atoms with van der Waals surface area (Å²) >= 11 is 1.78. The van der Waals surface area contributed by atoms with E-state index in [0.29, 0.717) is 17.0 Å². The minimum atomic E-state index is 0.303. The van der Waals surface area contributed by atoms with E-state index in [1.165, 1.54) is 4.90 Å². The molecule has 2 unspecified atom stereocenters. The second-order valence-electron chi connectivity index (χ2n) is 4.51. The van der Waals surface area contributed by atoms with Gasteiger partial charge in [-0.25, -0.2) is 0 Å². The predicted octanol–water partition coefficient (Wildman–Crippen LogP) is 2.22. The highest BCUT2D eigenvalue weighted by Crippen LogP contribution is 2.82. The molecule has 1 aromatic rings. The van der Waals surface area contributed by atoms with Gasteiger partial charge < -0.3 is 0 Å². The number of carbonyl (C=O) groups excluding carboxylic acids is 1. The third-order valence-corrected chi connectivity index (χ3v) is 5.19. The molecule has 2 bridgehead atoms. The molecule has 14 heavy (non-hydrogen) atoms. The molecule has 4 aliphatic carbocycles. The van der Waals surface area contributed by atoms with Crippen LogP contribution in [0.3, 0.4) is 0 Å². The SMILES string of the molecule is O=C1C2[C@@H]3C([C@H]23)[C@@H]1Sc1ccccc1. The summed E-state index contributed by atoms with van der Waals surface area (Å²) in [5.41, 5.74) is 0. The molecular weight excluding hydrogens is 192 g/mol. The molecule has 5 rings (SSSR count). The molecule has 0 N–H and O–H groups in total. The summed E-state index contributed by atoms with van der Waals surface area (Å²) in [7, 11) is 0. The van der Waals surface area contributed by atoms with Crippen LogP contribution in [0.1, 0.15) is 0 Å². The van der Waals surface area contributed by atoms with Crippen molar-refractivity contribution in [2.75, 3.05) is 0 Å². The first-order chi connectivity index (χ1) is 6.88. The van der Waals surface area contributed by atoms with E-state index in [0.717, 1.165) is 17.8 Å². The van der Waals surface area contributed by atoms with Crippen LogP contribution in [0.2, 0.25) is 0 Å². The molecular formula is C12H10OS. The predicted molar refractivity (Wildman–Crippen MR) is 55.1 cm³/mol. The van der Waals surface area contributed by atoms with E-state index in [2.05, 4.69) is 12.1 Å². The van der Waals surface area contributed by atoms with Gasteiger partial charge in [-0.05, 0) is 29.9 Å². The van der Waals surface area contributed by atoms with Gasteiger partial charge in [-0.1, -0.05) is 18.2 Å². The minimum Gasteiger partial charge on any atom is -0.298 e. The van der Waals surface area contributed by atoms with E-state index in [-0.39, 0.29) is 0 Å². The van der Waals surface area contributed by atoms with E-state index in [1.54, 1.807) is 11.8 Å². The number of rotatable bonds is 2. The Morgan fingerprint density at radius 2 is 1.71 bits per heavy atom. The van der Waals surface area contributed by atoms with E-state index in [9.17, 15) is 4.79 Å². The molecule has 0 amide bonds. The summed E-state index contributed by atoms with van der Waals surface area (Å²) < 4.78 is 0. The largest absolute Gasteiger partial charge is 0.298 e. The fourth-order valence-electron chi connectivity index (χ4n) is 3.02. The number of benzene rings is 1. The fourth-order valence-corrected chi connectivity index (χ4v) is 4.42. The normalized spacial score (nSPS) is 46.3. The molecule has 2 heteroatoms. The molecule has 4 aliphatic rings. The zero-order valence-corrected chi connectivity index (χ0v) is 8.41. The molecule has 4 saturated carbocycles. The first-order valence-corrected chi connectivity index (χ1v) is 6.01. The molecule has 1 aromatic carbocycles. The monoisotopic (exact) mass is 202 g/mol. The molecule has 0 saturated heterocycles. The van der Waals surface area contributed by atoms with Crippen molar-refractivity contribution in [3.05, 3.63) is 30.3 Å². The Kier molecular flexibility index (Phi) is 1.21. The summed E-state index contributed by atoms with van der Waals surface area (Å²) in [6, 6.07) is 10.3. The van der Waals surface area contributed by atoms with Gasteiger partial charge in [0.2, 0.25) is 0 Å². The Labute approximate surface area is 86.9 Å². The van der Waals surface area contributed by atoms with Gasteiger partial charge in [0.15, 0.2) is 0 Å². The summed E-state index contributed by atoms with van der Waals surface area (Å²) in [5.74, 6) is 3.45. The van der Waals surface area contributed by atoms with Crippen molar-refractivity contribution in [2.24, 2.45) is 23.7 Å². The van der Waals surface area contributed by atoms with Crippen LogP contribution in [0, 0.1) is 23.7 Å². The van der Waals surface area contributed by atoms with Crippen molar-refractivity contribution >= 4 is 17.5 Å². The van der Waals surface area contributed by atoms with Gasteiger partial charge in [0, 0.05) is 10.8 Å². The number of carbonyl (C=O) groups is 1. The third-order valence-electron chi connectivity index (χ3n) is 3.85. The van der Waals surface area contributed by atoms with Crippen LogP contribution >= 0.6 is 11.8 Å². The molecule has 4 fully saturated rings. The number of hydrogen-bond acceptors (Lipinski definition) is 2. The van der Waals surface area contributed by atoms with Gasteiger partial charge in [-0.2, -0.15) is 0 Å². The van der Waals surface area contributed by atoms with E-state index in [4.69, 9.17) is 0 Å². The van der Waals surface area contributed by atoms with Crippen LogP contribution in [0.5, 0.6) is 0 Å². The molecule has 0 aliphatic heterocycles. The average molecular weight is 202 g/mol. The quantitative estimate of drug-likeness (QED) is 0.731. The number of thioether (sulfide) groups is 1. The highest BCUT2D eigenvalue weighted by Gasteiger charge is 2.84. The van der Waals surface area contributed by atoms with Crippen molar-refractivity contribution in [3.8, 4) is 0 Å². The summed E-state index contributed by atoms with van der Waals surface area (Å²) in [4.78, 5) is 13.0. The van der Waals surface area contributed by atoms with Gasteiger partial charge >= 0.3 is 0 Å². The van der Waals surface area contributed by atoms with Crippen molar-refractivity contribution in [3.63, 3.8) is 0 Å². The van der Waals surface area contributed by atoms with Crippen molar-refractivity contribution in [1.82, 2.24) is 0 Å². The van der Waals surface area contributed by atoms with Crippen molar-refractivity contribution < 1.29 is 4.79 Å².